The van der Waals surface area contributed by atoms with E-state index in [1.165, 1.54) is 0 Å². The molecule has 0 aliphatic heterocycles. The number of rotatable bonds is 4. The highest BCUT2D eigenvalue weighted by Gasteiger charge is 2.13. The van der Waals surface area contributed by atoms with Crippen LogP contribution in [0.3, 0.4) is 0 Å². The average molecular weight is 263 g/mol. The normalized spacial score (nSPS) is 10.8. The van der Waals surface area contributed by atoms with Gasteiger partial charge in [-0.3, -0.25) is 9.48 Å². The Morgan fingerprint density at radius 2 is 2.38 bits per heavy atom. The molecule has 0 radical (unpaired) electrons. The van der Waals surface area contributed by atoms with E-state index >= 15 is 0 Å². The molecule has 0 aliphatic rings. The molecule has 0 fully saturated rings. The van der Waals surface area contributed by atoms with Gasteiger partial charge >= 0.3 is 0 Å². The van der Waals surface area contributed by atoms with Crippen LogP contribution in [0.1, 0.15) is 0 Å². The minimum Gasteiger partial charge on any atom is -0.341 e. The van der Waals surface area contributed by atoms with Crippen molar-refractivity contribution in [1.29, 1.82) is 5.26 Å². The van der Waals surface area contributed by atoms with Crippen LogP contribution < -0.4 is 5.32 Å². The molecule has 7 nitrogen and oxygen atoms in total. The van der Waals surface area contributed by atoms with Gasteiger partial charge in [0.1, 0.15) is 18.0 Å². The summed E-state index contributed by atoms with van der Waals surface area (Å²) in [7, 11) is 1.24. The first-order chi connectivity index (χ1) is 7.43. The zero-order chi connectivity index (χ0) is 12.2. The number of nitriles is 1. The van der Waals surface area contributed by atoms with Gasteiger partial charge in [-0.05, 0) is 0 Å². The van der Waals surface area contributed by atoms with Crippen molar-refractivity contribution in [3.63, 3.8) is 0 Å². The first kappa shape index (κ1) is 12.5. The summed E-state index contributed by atoms with van der Waals surface area (Å²) < 4.78 is 22.9. The fraction of sp³-hybridized carbons (Fsp3) is 0.286. The highest BCUT2D eigenvalue weighted by molar-refractivity contribution is 8.13. The van der Waals surface area contributed by atoms with E-state index in [0.29, 0.717) is 0 Å². The minimum absolute atomic E-state index is 0.110. The molecular weight excluding hydrogens is 256 g/mol. The predicted molar refractivity (Wildman–Crippen MR) is 53.9 cm³/mol. The van der Waals surface area contributed by atoms with Crippen LogP contribution in [0.2, 0.25) is 0 Å². The molecule has 0 atom stereocenters. The smallest absolute Gasteiger partial charge is 0.264 e. The summed E-state index contributed by atoms with van der Waals surface area (Å²) in [5.74, 6) is -0.442. The van der Waals surface area contributed by atoms with Crippen LogP contribution >= 0.6 is 10.7 Å². The van der Waals surface area contributed by atoms with Gasteiger partial charge in [-0.25, -0.2) is 8.42 Å². The molecule has 16 heavy (non-hydrogen) atoms. The molecule has 0 spiro atoms. The van der Waals surface area contributed by atoms with Crippen molar-refractivity contribution in [2.45, 2.75) is 11.4 Å². The Labute approximate surface area is 96.0 Å². The Bertz CT molecular complexity index is 530. The molecule has 0 unspecified atom stereocenters. The SMILES string of the molecule is N#CCNC(=O)Cn1cc(S(=O)(=O)Cl)cn1. The molecule has 0 saturated carbocycles. The lowest BCUT2D eigenvalue weighted by atomic mass is 10.5. The third kappa shape index (κ3) is 3.52. The zero-order valence-electron chi connectivity index (χ0n) is 7.92. The van der Waals surface area contributed by atoms with Crippen molar-refractivity contribution < 1.29 is 13.2 Å². The van der Waals surface area contributed by atoms with E-state index in [4.69, 9.17) is 15.9 Å². The number of carbonyl (C=O) groups excluding carboxylic acids is 1. The number of amides is 1. The molecule has 1 N–H and O–H groups in total. The summed E-state index contributed by atoms with van der Waals surface area (Å²) in [6.45, 7) is -0.283. The molecule has 0 saturated heterocycles. The summed E-state index contributed by atoms with van der Waals surface area (Å²) in [4.78, 5) is 10.9. The van der Waals surface area contributed by atoms with Crippen LogP contribution in [0.25, 0.3) is 0 Å². The van der Waals surface area contributed by atoms with Crippen molar-refractivity contribution in [2.75, 3.05) is 6.54 Å². The number of carbonyl (C=O) groups is 1. The minimum atomic E-state index is -3.83. The molecular formula is C7H7ClN4O3S. The summed E-state index contributed by atoms with van der Waals surface area (Å²) in [6, 6.07) is 1.74. The van der Waals surface area contributed by atoms with Gasteiger partial charge in [0.05, 0.1) is 12.3 Å². The number of hydrogen-bond donors (Lipinski definition) is 1. The third-order valence-corrected chi connectivity index (χ3v) is 2.87. The maximum absolute atomic E-state index is 11.1. The summed E-state index contributed by atoms with van der Waals surface area (Å²) >= 11 is 0. The molecule has 0 aliphatic carbocycles. The van der Waals surface area contributed by atoms with Crippen molar-refractivity contribution in [2.24, 2.45) is 0 Å². The lowest BCUT2D eigenvalue weighted by molar-refractivity contribution is -0.121. The molecule has 1 amide bonds. The van der Waals surface area contributed by atoms with Gasteiger partial charge in [0.2, 0.25) is 5.91 Å². The van der Waals surface area contributed by atoms with Gasteiger partial charge in [0, 0.05) is 16.9 Å². The second kappa shape index (κ2) is 4.96. The van der Waals surface area contributed by atoms with E-state index in [9.17, 15) is 13.2 Å². The van der Waals surface area contributed by atoms with Crippen LogP contribution in [0, 0.1) is 11.3 Å². The fourth-order valence-corrected chi connectivity index (χ4v) is 1.56. The Morgan fingerprint density at radius 1 is 1.69 bits per heavy atom. The maximum Gasteiger partial charge on any atom is 0.264 e. The zero-order valence-corrected chi connectivity index (χ0v) is 9.49. The Hall–Kier alpha value is -1.59. The monoisotopic (exact) mass is 262 g/mol. The highest BCUT2D eigenvalue weighted by Crippen LogP contribution is 2.12. The van der Waals surface area contributed by atoms with Crippen LogP contribution in [-0.2, 0) is 20.4 Å². The number of nitrogens with one attached hydrogen (secondary N) is 1. The number of halogens is 1. The highest BCUT2D eigenvalue weighted by atomic mass is 35.7. The van der Waals surface area contributed by atoms with Crippen LogP contribution in [-0.4, -0.2) is 30.7 Å². The van der Waals surface area contributed by atoms with Crippen LogP contribution in [0.5, 0.6) is 0 Å². The summed E-state index contributed by atoms with van der Waals surface area (Å²) in [6.07, 6.45) is 2.17. The lowest BCUT2D eigenvalue weighted by Gasteiger charge is -2.00. The molecule has 0 aromatic carbocycles. The van der Waals surface area contributed by atoms with E-state index in [2.05, 4.69) is 10.4 Å². The first-order valence-electron chi connectivity index (χ1n) is 4.04. The van der Waals surface area contributed by atoms with Crippen molar-refractivity contribution in [3.05, 3.63) is 12.4 Å². The summed E-state index contributed by atoms with van der Waals surface area (Å²) in [5, 5.41) is 14.1. The molecule has 0 bridgehead atoms. The van der Waals surface area contributed by atoms with Crippen molar-refractivity contribution in [3.8, 4) is 6.07 Å². The van der Waals surface area contributed by atoms with E-state index in [-0.39, 0.29) is 18.0 Å². The number of nitrogens with zero attached hydrogens (tertiary/aromatic N) is 3. The Kier molecular flexibility index (Phi) is 3.87. The number of aromatic nitrogens is 2. The molecule has 86 valence electrons. The summed E-state index contributed by atoms with van der Waals surface area (Å²) in [5.41, 5.74) is 0. The fourth-order valence-electron chi connectivity index (χ4n) is 0.898. The number of hydrogen-bond acceptors (Lipinski definition) is 5. The third-order valence-electron chi connectivity index (χ3n) is 1.56. The second-order valence-electron chi connectivity index (χ2n) is 2.75. The average Bonchev–Trinajstić information content (AvgIpc) is 2.62. The van der Waals surface area contributed by atoms with E-state index in [0.717, 1.165) is 17.1 Å². The van der Waals surface area contributed by atoms with Crippen molar-refractivity contribution >= 4 is 25.6 Å². The Balaban J connectivity index is 2.67. The second-order valence-corrected chi connectivity index (χ2v) is 5.31. The van der Waals surface area contributed by atoms with Gasteiger partial charge in [0.15, 0.2) is 0 Å². The largest absolute Gasteiger partial charge is 0.341 e. The van der Waals surface area contributed by atoms with Crippen molar-refractivity contribution in [1.82, 2.24) is 15.1 Å². The Morgan fingerprint density at radius 3 is 2.88 bits per heavy atom. The lowest BCUT2D eigenvalue weighted by Crippen LogP contribution is -2.27. The van der Waals surface area contributed by atoms with E-state index < -0.39 is 15.0 Å². The molecule has 9 heteroatoms. The van der Waals surface area contributed by atoms with E-state index in [1.54, 1.807) is 6.07 Å². The van der Waals surface area contributed by atoms with Crippen LogP contribution in [0.4, 0.5) is 0 Å². The van der Waals surface area contributed by atoms with Crippen LogP contribution in [0.15, 0.2) is 17.3 Å². The molecule has 1 rings (SSSR count). The quantitative estimate of drug-likeness (QED) is 0.579. The van der Waals surface area contributed by atoms with Gasteiger partial charge in [-0.15, -0.1) is 0 Å². The van der Waals surface area contributed by atoms with Gasteiger partial charge in [-0.2, -0.15) is 10.4 Å². The molecule has 1 aromatic rings. The first-order valence-corrected chi connectivity index (χ1v) is 6.35. The molecule has 1 aromatic heterocycles. The predicted octanol–water partition coefficient (Wildman–Crippen LogP) is -0.550. The van der Waals surface area contributed by atoms with Gasteiger partial charge in [-0.1, -0.05) is 0 Å². The van der Waals surface area contributed by atoms with Gasteiger partial charge < -0.3 is 5.32 Å². The topological polar surface area (TPSA) is 105 Å². The molecule has 1 heterocycles. The maximum atomic E-state index is 11.1. The standard InChI is InChI=1S/C7H7ClN4O3S/c8-16(14,15)6-3-11-12(4-6)5-7(13)10-2-1-9/h3-4H,2,5H2,(H,10,13). The van der Waals surface area contributed by atoms with Gasteiger partial charge in [0.25, 0.3) is 9.05 Å². The van der Waals surface area contributed by atoms with E-state index in [1.807, 2.05) is 0 Å².